The minimum Gasteiger partial charge on any atom is -0.360 e. The van der Waals surface area contributed by atoms with Gasteiger partial charge in [-0.25, -0.2) is 0 Å². The van der Waals surface area contributed by atoms with Gasteiger partial charge < -0.3 is 15.2 Å². The van der Waals surface area contributed by atoms with Crippen molar-refractivity contribution in [3.63, 3.8) is 0 Å². The highest BCUT2D eigenvalue weighted by Crippen LogP contribution is 2.12. The van der Waals surface area contributed by atoms with Gasteiger partial charge in [-0.2, -0.15) is 0 Å². The van der Waals surface area contributed by atoms with Gasteiger partial charge in [0.2, 0.25) is 11.8 Å². The molecule has 2 N–H and O–H groups in total. The minimum absolute atomic E-state index is 0.0414. The van der Waals surface area contributed by atoms with Crippen molar-refractivity contribution >= 4 is 29.0 Å². The number of rotatable bonds is 6. The smallest absolute Gasteiger partial charge is 0.248 e. The number of amides is 2. The number of carbonyl (C=O) groups is 2. The number of anilines is 1. The van der Waals surface area contributed by atoms with E-state index in [1.54, 1.807) is 13.0 Å². The zero-order valence-corrected chi connectivity index (χ0v) is 13.6. The quantitative estimate of drug-likeness (QED) is 0.855. The molecule has 1 atom stereocenters. The van der Waals surface area contributed by atoms with Crippen molar-refractivity contribution in [2.24, 2.45) is 5.92 Å². The average molecular weight is 321 g/mol. The Balaban J connectivity index is 1.96. The van der Waals surface area contributed by atoms with E-state index in [0.29, 0.717) is 11.6 Å². The molecule has 118 valence electrons. The Hall–Kier alpha value is -2.15. The van der Waals surface area contributed by atoms with Gasteiger partial charge in [-0.1, -0.05) is 25.1 Å². The highest BCUT2D eigenvalue weighted by Gasteiger charge is 2.25. The Labute approximate surface area is 132 Å². The molecule has 2 amide bonds. The molecule has 2 rings (SSSR count). The Kier molecular flexibility index (Phi) is 5.32. The third-order valence-electron chi connectivity index (χ3n) is 3.06. The van der Waals surface area contributed by atoms with E-state index >= 15 is 0 Å². The van der Waals surface area contributed by atoms with Gasteiger partial charge in [0, 0.05) is 10.9 Å². The van der Waals surface area contributed by atoms with Gasteiger partial charge in [-0.3, -0.25) is 9.59 Å². The fourth-order valence-corrected chi connectivity index (χ4v) is 2.66. The van der Waals surface area contributed by atoms with Crippen molar-refractivity contribution < 1.29 is 14.1 Å². The van der Waals surface area contributed by atoms with Crippen LogP contribution in [0.25, 0.3) is 0 Å². The number of aryl methyl sites for hydroxylation is 1. The minimum atomic E-state index is -0.621. The summed E-state index contributed by atoms with van der Waals surface area (Å²) >= 11 is 1.52. The van der Waals surface area contributed by atoms with E-state index in [0.717, 1.165) is 4.88 Å². The maximum absolute atomic E-state index is 12.3. The van der Waals surface area contributed by atoms with E-state index < -0.39 is 6.04 Å². The van der Waals surface area contributed by atoms with E-state index in [1.807, 2.05) is 31.4 Å². The van der Waals surface area contributed by atoms with Crippen LogP contribution in [0.2, 0.25) is 0 Å². The zero-order chi connectivity index (χ0) is 16.1. The highest BCUT2D eigenvalue weighted by molar-refractivity contribution is 7.10. The van der Waals surface area contributed by atoms with Crippen LogP contribution in [-0.2, 0) is 16.0 Å². The topological polar surface area (TPSA) is 84.2 Å². The largest absolute Gasteiger partial charge is 0.360 e. The second-order valence-corrected chi connectivity index (χ2v) is 6.39. The molecule has 2 aromatic rings. The van der Waals surface area contributed by atoms with Crippen molar-refractivity contribution in [2.45, 2.75) is 33.2 Å². The molecule has 22 heavy (non-hydrogen) atoms. The first-order valence-electron chi connectivity index (χ1n) is 7.01. The summed E-state index contributed by atoms with van der Waals surface area (Å²) in [7, 11) is 0. The Bertz CT molecular complexity index is 634. The summed E-state index contributed by atoms with van der Waals surface area (Å²) in [5.41, 5.74) is 0. The Morgan fingerprint density at radius 1 is 1.41 bits per heavy atom. The maximum Gasteiger partial charge on any atom is 0.248 e. The van der Waals surface area contributed by atoms with Crippen LogP contribution in [-0.4, -0.2) is 23.0 Å². The number of thiophene rings is 1. The summed E-state index contributed by atoms with van der Waals surface area (Å²) in [6.45, 7) is 5.50. The van der Waals surface area contributed by atoms with E-state index in [-0.39, 0.29) is 24.2 Å². The molecule has 0 aliphatic heterocycles. The van der Waals surface area contributed by atoms with Crippen molar-refractivity contribution in [3.8, 4) is 0 Å². The van der Waals surface area contributed by atoms with Crippen molar-refractivity contribution in [3.05, 3.63) is 34.2 Å². The molecule has 0 bridgehead atoms. The summed E-state index contributed by atoms with van der Waals surface area (Å²) < 4.78 is 4.91. The molecule has 0 aliphatic carbocycles. The Morgan fingerprint density at radius 3 is 2.73 bits per heavy atom. The molecule has 2 heterocycles. The molecule has 2 aromatic heterocycles. The van der Waals surface area contributed by atoms with Gasteiger partial charge in [-0.05, 0) is 24.3 Å². The normalized spacial score (nSPS) is 12.2. The van der Waals surface area contributed by atoms with Crippen LogP contribution in [0.5, 0.6) is 0 Å². The molecule has 0 fully saturated rings. The zero-order valence-electron chi connectivity index (χ0n) is 12.8. The average Bonchev–Trinajstić information content (AvgIpc) is 3.07. The second kappa shape index (κ2) is 7.22. The van der Waals surface area contributed by atoms with E-state index in [9.17, 15) is 9.59 Å². The molecule has 0 aromatic carbocycles. The SMILES string of the molecule is Cc1cc(NC(=O)[C@@H](NC(=O)Cc2cccs2)C(C)C)no1. The fourth-order valence-electron chi connectivity index (χ4n) is 1.96. The summed E-state index contributed by atoms with van der Waals surface area (Å²) in [4.78, 5) is 25.3. The monoisotopic (exact) mass is 321 g/mol. The summed E-state index contributed by atoms with van der Waals surface area (Å²) in [5, 5.41) is 11.1. The predicted molar refractivity (Wildman–Crippen MR) is 84.7 cm³/mol. The number of hydrogen-bond acceptors (Lipinski definition) is 5. The van der Waals surface area contributed by atoms with Crippen LogP contribution in [0.1, 0.15) is 24.5 Å². The lowest BCUT2D eigenvalue weighted by atomic mass is 10.0. The summed E-state index contributed by atoms with van der Waals surface area (Å²) in [5.74, 6) is 0.439. The van der Waals surface area contributed by atoms with Gasteiger partial charge in [0.15, 0.2) is 5.82 Å². The molecular formula is C15H19N3O3S. The van der Waals surface area contributed by atoms with Gasteiger partial charge in [-0.15, -0.1) is 11.3 Å². The summed E-state index contributed by atoms with van der Waals surface area (Å²) in [6, 6.07) is 4.80. The molecule has 0 aliphatic rings. The fraction of sp³-hybridized carbons (Fsp3) is 0.400. The number of nitrogens with one attached hydrogen (secondary N) is 2. The van der Waals surface area contributed by atoms with Crippen LogP contribution >= 0.6 is 11.3 Å². The molecule has 0 saturated heterocycles. The predicted octanol–water partition coefficient (Wildman–Crippen LogP) is 2.37. The molecular weight excluding hydrogens is 302 g/mol. The third-order valence-corrected chi connectivity index (χ3v) is 3.94. The van der Waals surface area contributed by atoms with E-state index in [1.165, 1.54) is 11.3 Å². The van der Waals surface area contributed by atoms with Crippen LogP contribution in [0.3, 0.4) is 0 Å². The van der Waals surface area contributed by atoms with Crippen molar-refractivity contribution in [2.75, 3.05) is 5.32 Å². The molecule has 0 saturated carbocycles. The van der Waals surface area contributed by atoms with Crippen molar-refractivity contribution in [1.82, 2.24) is 10.5 Å². The second-order valence-electron chi connectivity index (χ2n) is 5.36. The van der Waals surface area contributed by atoms with E-state index in [2.05, 4.69) is 15.8 Å². The highest BCUT2D eigenvalue weighted by atomic mass is 32.1. The molecule has 0 unspecified atom stereocenters. The summed E-state index contributed by atoms with van der Waals surface area (Å²) in [6.07, 6.45) is 0.275. The molecule has 0 radical (unpaired) electrons. The lowest BCUT2D eigenvalue weighted by molar-refractivity contribution is -0.127. The third kappa shape index (κ3) is 4.42. The number of nitrogens with zero attached hydrogens (tertiary/aromatic N) is 1. The standard InChI is InChI=1S/C15H19N3O3S/c1-9(2)14(15(20)16-12-7-10(3)21-18-12)17-13(19)8-11-5-4-6-22-11/h4-7,9,14H,8H2,1-3H3,(H,17,19)(H,16,18,20)/t14-/m0/s1. The maximum atomic E-state index is 12.3. The number of hydrogen-bond donors (Lipinski definition) is 2. The molecule has 6 nitrogen and oxygen atoms in total. The molecule has 0 spiro atoms. The van der Waals surface area contributed by atoms with Crippen LogP contribution < -0.4 is 10.6 Å². The van der Waals surface area contributed by atoms with Gasteiger partial charge in [0.1, 0.15) is 11.8 Å². The van der Waals surface area contributed by atoms with Crippen molar-refractivity contribution in [1.29, 1.82) is 0 Å². The number of carbonyl (C=O) groups excluding carboxylic acids is 2. The first-order chi connectivity index (χ1) is 10.5. The lowest BCUT2D eigenvalue weighted by Gasteiger charge is -2.20. The van der Waals surface area contributed by atoms with Gasteiger partial charge in [0.25, 0.3) is 0 Å². The van der Waals surface area contributed by atoms with Gasteiger partial charge >= 0.3 is 0 Å². The first kappa shape index (κ1) is 16.2. The van der Waals surface area contributed by atoms with Crippen LogP contribution in [0, 0.1) is 12.8 Å². The number of aromatic nitrogens is 1. The molecule has 7 heteroatoms. The van der Waals surface area contributed by atoms with Gasteiger partial charge in [0.05, 0.1) is 6.42 Å². The Morgan fingerprint density at radius 2 is 2.18 bits per heavy atom. The van der Waals surface area contributed by atoms with Crippen LogP contribution in [0.15, 0.2) is 28.1 Å². The van der Waals surface area contributed by atoms with E-state index in [4.69, 9.17) is 4.52 Å². The first-order valence-corrected chi connectivity index (χ1v) is 7.89. The van der Waals surface area contributed by atoms with Crippen LogP contribution in [0.4, 0.5) is 5.82 Å². The lowest BCUT2D eigenvalue weighted by Crippen LogP contribution is -2.47.